The Bertz CT molecular complexity index is 1190. The van der Waals surface area contributed by atoms with Crippen LogP contribution in [0, 0.1) is 5.92 Å². The highest BCUT2D eigenvalue weighted by molar-refractivity contribution is 7.18. The number of anilines is 2. The van der Waals surface area contributed by atoms with Crippen molar-refractivity contribution in [1.82, 2.24) is 10.2 Å². The van der Waals surface area contributed by atoms with Crippen LogP contribution in [-0.4, -0.2) is 74.5 Å². The van der Waals surface area contributed by atoms with Crippen molar-refractivity contribution in [1.29, 1.82) is 0 Å². The van der Waals surface area contributed by atoms with Crippen LogP contribution in [0.2, 0.25) is 4.34 Å². The summed E-state index contributed by atoms with van der Waals surface area (Å²) in [6.07, 6.45) is -4.01. The Morgan fingerprint density at radius 3 is 2.56 bits per heavy atom. The van der Waals surface area contributed by atoms with Crippen molar-refractivity contribution < 1.29 is 36.7 Å². The Morgan fingerprint density at radius 1 is 1.18 bits per heavy atom. The van der Waals surface area contributed by atoms with Crippen LogP contribution < -0.4 is 15.5 Å². The van der Waals surface area contributed by atoms with E-state index in [1.165, 1.54) is 34.1 Å². The third-order valence-corrected chi connectivity index (χ3v) is 7.60. The van der Waals surface area contributed by atoms with Crippen molar-refractivity contribution in [2.24, 2.45) is 5.92 Å². The number of nitrogens with one attached hydrogen (secondary N) is 2. The molecular weight excluding hydrogens is 564 g/mol. The van der Waals surface area contributed by atoms with Gasteiger partial charge in [-0.25, -0.2) is 17.6 Å². The number of halogens is 5. The molecule has 2 aliphatic rings. The van der Waals surface area contributed by atoms with Gasteiger partial charge in [0.15, 0.2) is 0 Å². The molecule has 1 aliphatic carbocycles. The zero-order chi connectivity index (χ0) is 28.1. The summed E-state index contributed by atoms with van der Waals surface area (Å²) in [6, 6.07) is 5.57. The van der Waals surface area contributed by atoms with Crippen LogP contribution in [0.5, 0.6) is 0 Å². The minimum atomic E-state index is -2.95. The maximum atomic E-state index is 14.0. The van der Waals surface area contributed by atoms with Gasteiger partial charge in [0.2, 0.25) is 5.91 Å². The standard InChI is InChI=1S/C25H27ClF4N4O4S/c26-20-6-5-19(39-20)25(37)31-10-18(33(12-21(27)28)11-14-1-2-14)24(36)32-15-3-4-17(16(9-15)23(29)30)34-7-8-38-13-22(34)35/h3-6,9,14,18,21,23H,1-2,7-8,10-13H2,(H,31,37)(H,32,36)/t18-/m1/s1. The summed E-state index contributed by atoms with van der Waals surface area (Å²) in [5, 5.41) is 5.14. The third kappa shape index (κ3) is 7.90. The van der Waals surface area contributed by atoms with E-state index in [1.807, 2.05) is 0 Å². The van der Waals surface area contributed by atoms with E-state index in [1.54, 1.807) is 0 Å². The fourth-order valence-electron chi connectivity index (χ4n) is 4.29. The predicted octanol–water partition coefficient (Wildman–Crippen LogP) is 4.42. The van der Waals surface area contributed by atoms with Crippen molar-refractivity contribution >= 4 is 52.0 Å². The SMILES string of the molecule is O=C(NC[C@H](C(=O)Nc1ccc(N2CCOCC2=O)c(C(F)F)c1)N(CC(F)F)CC1CC1)c1ccc(Cl)s1. The number of nitrogens with zero attached hydrogens (tertiary/aromatic N) is 2. The monoisotopic (exact) mass is 590 g/mol. The van der Waals surface area contributed by atoms with Crippen molar-refractivity contribution in [3.63, 3.8) is 0 Å². The van der Waals surface area contributed by atoms with Gasteiger partial charge >= 0.3 is 0 Å². The van der Waals surface area contributed by atoms with Gasteiger partial charge in [-0.05, 0) is 49.1 Å². The van der Waals surface area contributed by atoms with E-state index in [-0.39, 0.29) is 55.0 Å². The van der Waals surface area contributed by atoms with Crippen LogP contribution >= 0.6 is 22.9 Å². The zero-order valence-corrected chi connectivity index (χ0v) is 22.3. The second-order valence-electron chi connectivity index (χ2n) is 9.28. The lowest BCUT2D eigenvalue weighted by molar-refractivity contribution is -0.125. The van der Waals surface area contributed by atoms with Crippen LogP contribution in [0.25, 0.3) is 0 Å². The molecule has 1 saturated heterocycles. The van der Waals surface area contributed by atoms with E-state index >= 15 is 0 Å². The molecule has 2 heterocycles. The predicted molar refractivity (Wildman–Crippen MR) is 139 cm³/mol. The van der Waals surface area contributed by atoms with E-state index in [0.29, 0.717) is 4.34 Å². The van der Waals surface area contributed by atoms with E-state index in [4.69, 9.17) is 16.3 Å². The average Bonchev–Trinajstić information content (AvgIpc) is 3.60. The summed E-state index contributed by atoms with van der Waals surface area (Å²) in [5.74, 6) is -1.57. The van der Waals surface area contributed by atoms with Gasteiger partial charge < -0.3 is 20.3 Å². The fourth-order valence-corrected chi connectivity index (χ4v) is 5.25. The molecule has 0 radical (unpaired) electrons. The highest BCUT2D eigenvalue weighted by Gasteiger charge is 2.34. The summed E-state index contributed by atoms with van der Waals surface area (Å²) in [4.78, 5) is 40.9. The van der Waals surface area contributed by atoms with Crippen LogP contribution in [0.1, 0.15) is 34.5 Å². The number of benzene rings is 1. The molecular formula is C25H27ClF4N4O4S. The topological polar surface area (TPSA) is 91.0 Å². The second kappa shape index (κ2) is 13.1. The lowest BCUT2D eigenvalue weighted by atomic mass is 10.1. The van der Waals surface area contributed by atoms with Crippen LogP contribution in [0.3, 0.4) is 0 Å². The van der Waals surface area contributed by atoms with Crippen molar-refractivity contribution in [2.45, 2.75) is 31.7 Å². The zero-order valence-electron chi connectivity index (χ0n) is 20.7. The summed E-state index contributed by atoms with van der Waals surface area (Å²) >= 11 is 6.91. The van der Waals surface area contributed by atoms with Crippen LogP contribution in [0.4, 0.5) is 28.9 Å². The van der Waals surface area contributed by atoms with Crippen molar-refractivity contribution in [3.8, 4) is 0 Å². The van der Waals surface area contributed by atoms with Gasteiger partial charge in [0.1, 0.15) is 12.6 Å². The van der Waals surface area contributed by atoms with Crippen LogP contribution in [0.15, 0.2) is 30.3 Å². The third-order valence-electron chi connectivity index (χ3n) is 6.37. The molecule has 2 fully saturated rings. The molecule has 39 heavy (non-hydrogen) atoms. The molecule has 0 unspecified atom stereocenters. The molecule has 3 amide bonds. The average molecular weight is 591 g/mol. The van der Waals surface area contributed by atoms with Gasteiger partial charge in [0.05, 0.1) is 28.1 Å². The number of hydrogen-bond donors (Lipinski definition) is 2. The van der Waals surface area contributed by atoms with Crippen molar-refractivity contribution in [3.05, 3.63) is 45.1 Å². The molecule has 0 spiro atoms. The number of morpholine rings is 1. The van der Waals surface area contributed by atoms with Gasteiger partial charge in [0, 0.05) is 30.9 Å². The first-order valence-corrected chi connectivity index (χ1v) is 13.5. The first kappa shape index (κ1) is 29.2. The Balaban J connectivity index is 1.55. The maximum Gasteiger partial charge on any atom is 0.265 e. The second-order valence-corrected chi connectivity index (χ2v) is 11.0. The van der Waals surface area contributed by atoms with Gasteiger partial charge in [-0.15, -0.1) is 11.3 Å². The summed E-state index contributed by atoms with van der Waals surface area (Å²) in [6.45, 7) is -0.696. The van der Waals surface area contributed by atoms with Crippen molar-refractivity contribution in [2.75, 3.05) is 49.6 Å². The number of hydrogen-bond acceptors (Lipinski definition) is 6. The Hall–Kier alpha value is -2.74. The summed E-state index contributed by atoms with van der Waals surface area (Å²) < 4.78 is 60.3. The minimum Gasteiger partial charge on any atom is -0.370 e. The van der Waals surface area contributed by atoms with E-state index in [9.17, 15) is 31.9 Å². The molecule has 1 saturated carbocycles. The summed E-state index contributed by atoms with van der Waals surface area (Å²) in [7, 11) is 0. The number of amides is 3. The van der Waals surface area contributed by atoms with Gasteiger partial charge in [-0.3, -0.25) is 19.3 Å². The quantitative estimate of drug-likeness (QED) is 0.357. The normalized spacial score (nSPS) is 16.7. The number of ether oxygens (including phenoxy) is 1. The van der Waals surface area contributed by atoms with Gasteiger partial charge in [0.25, 0.3) is 24.7 Å². The molecule has 1 aromatic carbocycles. The minimum absolute atomic E-state index is 0.00258. The van der Waals surface area contributed by atoms with Crippen LogP contribution in [-0.2, 0) is 14.3 Å². The molecule has 2 aromatic rings. The lowest BCUT2D eigenvalue weighted by Crippen LogP contribution is -2.52. The lowest BCUT2D eigenvalue weighted by Gasteiger charge is -2.31. The number of rotatable bonds is 12. The van der Waals surface area contributed by atoms with E-state index in [2.05, 4.69) is 10.6 Å². The number of thiophene rings is 1. The van der Waals surface area contributed by atoms with Gasteiger partial charge in [-0.2, -0.15) is 0 Å². The number of carbonyl (C=O) groups is 3. The molecule has 2 N–H and O–H groups in total. The smallest absolute Gasteiger partial charge is 0.265 e. The fraction of sp³-hybridized carbons (Fsp3) is 0.480. The number of carbonyl (C=O) groups excluding carboxylic acids is 3. The molecule has 1 atom stereocenters. The Morgan fingerprint density at radius 2 is 1.95 bits per heavy atom. The largest absolute Gasteiger partial charge is 0.370 e. The first-order valence-electron chi connectivity index (χ1n) is 12.3. The van der Waals surface area contributed by atoms with E-state index < -0.39 is 48.7 Å². The highest BCUT2D eigenvalue weighted by atomic mass is 35.5. The molecule has 212 valence electrons. The van der Waals surface area contributed by atoms with Gasteiger partial charge in [-0.1, -0.05) is 11.6 Å². The first-order chi connectivity index (χ1) is 18.6. The summed E-state index contributed by atoms with van der Waals surface area (Å²) in [5.41, 5.74) is -0.461. The maximum absolute atomic E-state index is 14.0. The molecule has 4 rings (SSSR count). The number of alkyl halides is 4. The Kier molecular flexibility index (Phi) is 9.81. The highest BCUT2D eigenvalue weighted by Crippen LogP contribution is 2.34. The molecule has 1 aliphatic heterocycles. The molecule has 14 heteroatoms. The molecule has 0 bridgehead atoms. The molecule has 8 nitrogen and oxygen atoms in total. The Labute approximate surface area is 231 Å². The molecule has 1 aromatic heterocycles. The van der Waals surface area contributed by atoms with E-state index in [0.717, 1.165) is 30.2 Å².